The standard InChI is InChI=1S/C23H24N2O4/c1-27-18-5-7-19(8-6-18)28-20-9-10-22(17(14-20)16-26)25-13-11-21(15-25)29-23-4-2-3-12-24-23/h2-10,12,14,21,26H,11,13,15-16H2,1H3/t21-/m0/s1. The van der Waals surface area contributed by atoms with Gasteiger partial charge in [-0.15, -0.1) is 0 Å². The van der Waals surface area contributed by atoms with Crippen molar-refractivity contribution in [1.82, 2.24) is 4.98 Å². The van der Waals surface area contributed by atoms with Gasteiger partial charge in [-0.25, -0.2) is 4.98 Å². The number of hydrogen-bond donors (Lipinski definition) is 1. The van der Waals surface area contributed by atoms with Gasteiger partial charge in [-0.3, -0.25) is 0 Å². The monoisotopic (exact) mass is 392 g/mol. The minimum absolute atomic E-state index is 0.0581. The number of pyridine rings is 1. The first kappa shape index (κ1) is 19.1. The van der Waals surface area contributed by atoms with Crippen molar-refractivity contribution in [1.29, 1.82) is 0 Å². The van der Waals surface area contributed by atoms with Gasteiger partial charge in [0.05, 0.1) is 20.3 Å². The number of methoxy groups -OCH3 is 1. The number of anilines is 1. The quantitative estimate of drug-likeness (QED) is 0.655. The van der Waals surface area contributed by atoms with Crippen molar-refractivity contribution in [2.45, 2.75) is 19.1 Å². The van der Waals surface area contributed by atoms with Gasteiger partial charge in [0.25, 0.3) is 0 Å². The molecule has 2 aromatic carbocycles. The van der Waals surface area contributed by atoms with E-state index in [2.05, 4.69) is 9.88 Å². The first-order valence-electron chi connectivity index (χ1n) is 9.63. The lowest BCUT2D eigenvalue weighted by molar-refractivity contribution is 0.216. The summed E-state index contributed by atoms with van der Waals surface area (Å²) in [6.45, 7) is 1.56. The fourth-order valence-corrected chi connectivity index (χ4v) is 3.47. The lowest BCUT2D eigenvalue weighted by Crippen LogP contribution is -2.25. The summed E-state index contributed by atoms with van der Waals surface area (Å²) in [6, 6.07) is 18.9. The molecule has 4 rings (SSSR count). The normalized spacial score (nSPS) is 15.9. The fraction of sp³-hybridized carbons (Fsp3) is 0.261. The van der Waals surface area contributed by atoms with Gasteiger partial charge in [0, 0.05) is 36.5 Å². The highest BCUT2D eigenvalue weighted by Crippen LogP contribution is 2.32. The average Bonchev–Trinajstić information content (AvgIpc) is 3.23. The lowest BCUT2D eigenvalue weighted by atomic mass is 10.1. The van der Waals surface area contributed by atoms with Crippen molar-refractivity contribution >= 4 is 5.69 Å². The molecule has 2 heterocycles. The Balaban J connectivity index is 1.44. The zero-order chi connectivity index (χ0) is 20.1. The highest BCUT2D eigenvalue weighted by molar-refractivity contribution is 5.57. The zero-order valence-electron chi connectivity index (χ0n) is 16.3. The molecule has 150 valence electrons. The maximum absolute atomic E-state index is 9.90. The number of hydrogen-bond acceptors (Lipinski definition) is 6. The van der Waals surface area contributed by atoms with Gasteiger partial charge in [-0.05, 0) is 48.5 Å². The van der Waals surface area contributed by atoms with Crippen LogP contribution in [0.3, 0.4) is 0 Å². The molecule has 0 aliphatic carbocycles. The molecule has 1 saturated heterocycles. The van der Waals surface area contributed by atoms with Crippen molar-refractivity contribution in [3.8, 4) is 23.1 Å². The number of benzene rings is 2. The maximum Gasteiger partial charge on any atom is 0.213 e. The third-order valence-electron chi connectivity index (χ3n) is 4.93. The summed E-state index contributed by atoms with van der Waals surface area (Å²) in [5.74, 6) is 2.82. The van der Waals surface area contributed by atoms with E-state index >= 15 is 0 Å². The van der Waals surface area contributed by atoms with E-state index in [1.54, 1.807) is 13.3 Å². The Morgan fingerprint density at radius 1 is 1.03 bits per heavy atom. The molecule has 3 aromatic rings. The van der Waals surface area contributed by atoms with Crippen molar-refractivity contribution in [3.63, 3.8) is 0 Å². The SMILES string of the molecule is COc1ccc(Oc2ccc(N3CC[C@H](Oc4ccccn4)C3)c(CO)c2)cc1. The molecule has 1 fully saturated rings. The molecule has 1 aliphatic rings. The molecule has 6 heteroatoms. The Kier molecular flexibility index (Phi) is 5.81. The predicted molar refractivity (Wildman–Crippen MR) is 111 cm³/mol. The number of ether oxygens (including phenoxy) is 3. The van der Waals surface area contributed by atoms with Crippen LogP contribution in [-0.4, -0.2) is 36.4 Å². The van der Waals surface area contributed by atoms with Crippen LogP contribution in [0.15, 0.2) is 66.9 Å². The van der Waals surface area contributed by atoms with Crippen molar-refractivity contribution < 1.29 is 19.3 Å². The summed E-state index contributed by atoms with van der Waals surface area (Å²) < 4.78 is 17.1. The molecule has 1 aliphatic heterocycles. The lowest BCUT2D eigenvalue weighted by Gasteiger charge is -2.22. The van der Waals surface area contributed by atoms with Crippen LogP contribution in [-0.2, 0) is 6.61 Å². The van der Waals surface area contributed by atoms with E-state index in [9.17, 15) is 5.11 Å². The Morgan fingerprint density at radius 3 is 2.55 bits per heavy atom. The van der Waals surface area contributed by atoms with Crippen LogP contribution in [0.4, 0.5) is 5.69 Å². The summed E-state index contributed by atoms with van der Waals surface area (Å²) in [4.78, 5) is 6.46. The first-order valence-corrected chi connectivity index (χ1v) is 9.63. The zero-order valence-corrected chi connectivity index (χ0v) is 16.3. The van der Waals surface area contributed by atoms with Crippen LogP contribution in [0.5, 0.6) is 23.1 Å². The van der Waals surface area contributed by atoms with Crippen LogP contribution >= 0.6 is 0 Å². The van der Waals surface area contributed by atoms with Crippen LogP contribution in [0, 0.1) is 0 Å². The van der Waals surface area contributed by atoms with Crippen molar-refractivity contribution in [2.24, 2.45) is 0 Å². The minimum atomic E-state index is -0.0581. The molecule has 0 unspecified atom stereocenters. The maximum atomic E-state index is 9.90. The highest BCUT2D eigenvalue weighted by Gasteiger charge is 2.26. The highest BCUT2D eigenvalue weighted by atomic mass is 16.5. The number of aromatic nitrogens is 1. The molecule has 0 bridgehead atoms. The third-order valence-corrected chi connectivity index (χ3v) is 4.93. The van der Waals surface area contributed by atoms with E-state index in [4.69, 9.17) is 14.2 Å². The van der Waals surface area contributed by atoms with Crippen molar-refractivity contribution in [3.05, 3.63) is 72.4 Å². The summed E-state index contributed by atoms with van der Waals surface area (Å²) in [5, 5.41) is 9.90. The van der Waals surface area contributed by atoms with Crippen LogP contribution in [0.1, 0.15) is 12.0 Å². The van der Waals surface area contributed by atoms with Crippen molar-refractivity contribution in [2.75, 3.05) is 25.1 Å². The smallest absolute Gasteiger partial charge is 0.213 e. The summed E-state index contributed by atoms with van der Waals surface area (Å²) in [6.07, 6.45) is 2.71. The van der Waals surface area contributed by atoms with Gasteiger partial charge in [0.15, 0.2) is 0 Å². The van der Waals surface area contributed by atoms with Gasteiger partial charge in [0.2, 0.25) is 5.88 Å². The van der Waals surface area contributed by atoms with E-state index in [-0.39, 0.29) is 12.7 Å². The van der Waals surface area contributed by atoms with E-state index in [0.29, 0.717) is 17.4 Å². The van der Waals surface area contributed by atoms with Crippen LogP contribution < -0.4 is 19.1 Å². The number of aliphatic hydroxyl groups excluding tert-OH is 1. The largest absolute Gasteiger partial charge is 0.497 e. The van der Waals surface area contributed by atoms with Gasteiger partial charge in [0.1, 0.15) is 23.4 Å². The van der Waals surface area contributed by atoms with E-state index in [1.807, 2.05) is 60.7 Å². The molecule has 1 atom stereocenters. The first-order chi connectivity index (χ1) is 14.2. The predicted octanol–water partition coefficient (Wildman–Crippen LogP) is 4.03. The minimum Gasteiger partial charge on any atom is -0.497 e. The second-order valence-electron chi connectivity index (χ2n) is 6.87. The van der Waals surface area contributed by atoms with Gasteiger partial charge >= 0.3 is 0 Å². The van der Waals surface area contributed by atoms with E-state index < -0.39 is 0 Å². The third kappa shape index (κ3) is 4.60. The average molecular weight is 392 g/mol. The second-order valence-corrected chi connectivity index (χ2v) is 6.87. The summed E-state index contributed by atoms with van der Waals surface area (Å²) >= 11 is 0. The van der Waals surface area contributed by atoms with Crippen LogP contribution in [0.25, 0.3) is 0 Å². The number of nitrogens with zero attached hydrogens (tertiary/aromatic N) is 2. The molecule has 6 nitrogen and oxygen atoms in total. The van der Waals surface area contributed by atoms with Crippen LogP contribution in [0.2, 0.25) is 0 Å². The Bertz CT molecular complexity index is 931. The summed E-state index contributed by atoms with van der Waals surface area (Å²) in [5.41, 5.74) is 1.83. The molecular formula is C23H24N2O4. The molecule has 0 saturated carbocycles. The topological polar surface area (TPSA) is 64.1 Å². The molecule has 0 radical (unpaired) electrons. The fourth-order valence-electron chi connectivity index (χ4n) is 3.47. The summed E-state index contributed by atoms with van der Waals surface area (Å²) in [7, 11) is 1.63. The molecule has 0 amide bonds. The number of rotatable bonds is 7. The molecule has 0 spiro atoms. The molecular weight excluding hydrogens is 368 g/mol. The molecule has 1 aromatic heterocycles. The molecule has 29 heavy (non-hydrogen) atoms. The van der Waals surface area contributed by atoms with Gasteiger partial charge < -0.3 is 24.2 Å². The number of aliphatic hydroxyl groups is 1. The Hall–Kier alpha value is -3.25. The van der Waals surface area contributed by atoms with Gasteiger partial charge in [-0.2, -0.15) is 0 Å². The molecule has 1 N–H and O–H groups in total. The van der Waals surface area contributed by atoms with E-state index in [0.717, 1.165) is 36.5 Å². The Labute approximate surface area is 170 Å². The van der Waals surface area contributed by atoms with E-state index in [1.165, 1.54) is 0 Å². The van der Waals surface area contributed by atoms with Gasteiger partial charge in [-0.1, -0.05) is 6.07 Å². The Morgan fingerprint density at radius 2 is 1.83 bits per heavy atom. The second kappa shape index (κ2) is 8.84.